The molecule has 2 heterocycles. The minimum Gasteiger partial charge on any atom is -0.484 e. The lowest BCUT2D eigenvalue weighted by Crippen LogP contribution is -2.38. The largest absolute Gasteiger partial charge is 0.484 e. The Balaban J connectivity index is 1.43. The van der Waals surface area contributed by atoms with Crippen molar-refractivity contribution in [2.45, 2.75) is 31.6 Å². The van der Waals surface area contributed by atoms with Crippen LogP contribution in [0.25, 0.3) is 0 Å². The Morgan fingerprint density at radius 3 is 2.79 bits per heavy atom. The Hall–Kier alpha value is -2.02. The first-order chi connectivity index (χ1) is 11.7. The summed E-state index contributed by atoms with van der Waals surface area (Å²) >= 11 is 1.28. The van der Waals surface area contributed by atoms with Crippen molar-refractivity contribution >= 4 is 17.7 Å². The van der Waals surface area contributed by atoms with E-state index in [2.05, 4.69) is 17.1 Å². The summed E-state index contributed by atoms with van der Waals surface area (Å²) in [5.74, 6) is 2.33. The van der Waals surface area contributed by atoms with Gasteiger partial charge in [-0.15, -0.1) is 10.2 Å². The molecule has 3 rings (SSSR count). The van der Waals surface area contributed by atoms with Crippen molar-refractivity contribution in [3.63, 3.8) is 0 Å². The van der Waals surface area contributed by atoms with Gasteiger partial charge >= 0.3 is 0 Å². The molecule has 1 aromatic carbocycles. The molecule has 0 saturated carbocycles. The van der Waals surface area contributed by atoms with E-state index in [1.165, 1.54) is 11.8 Å². The van der Waals surface area contributed by atoms with Gasteiger partial charge in [0, 0.05) is 13.1 Å². The fourth-order valence-corrected chi connectivity index (χ4v) is 3.17. The third kappa shape index (κ3) is 4.74. The molecular formula is C17H21N3O3S. The van der Waals surface area contributed by atoms with Gasteiger partial charge in [-0.2, -0.15) is 0 Å². The van der Waals surface area contributed by atoms with Gasteiger partial charge in [0.1, 0.15) is 5.75 Å². The van der Waals surface area contributed by atoms with Gasteiger partial charge in [-0.25, -0.2) is 0 Å². The van der Waals surface area contributed by atoms with E-state index in [-0.39, 0.29) is 12.5 Å². The molecule has 1 aliphatic rings. The summed E-state index contributed by atoms with van der Waals surface area (Å²) < 4.78 is 11.1. The van der Waals surface area contributed by atoms with E-state index in [0.29, 0.717) is 22.8 Å². The van der Waals surface area contributed by atoms with Crippen molar-refractivity contribution < 1.29 is 13.9 Å². The van der Waals surface area contributed by atoms with Crippen molar-refractivity contribution in [1.82, 2.24) is 15.1 Å². The number of para-hydroxylation sites is 1. The van der Waals surface area contributed by atoms with Crippen LogP contribution < -0.4 is 4.74 Å². The van der Waals surface area contributed by atoms with E-state index >= 15 is 0 Å². The van der Waals surface area contributed by atoms with E-state index in [0.717, 1.165) is 31.7 Å². The maximum Gasteiger partial charge on any atom is 0.277 e. The second-order valence-electron chi connectivity index (χ2n) is 5.92. The maximum atomic E-state index is 12.2. The van der Waals surface area contributed by atoms with Crippen LogP contribution in [0.1, 0.15) is 25.7 Å². The highest BCUT2D eigenvalue weighted by atomic mass is 32.2. The number of ether oxygens (including phenoxy) is 1. The number of aromatic nitrogens is 2. The summed E-state index contributed by atoms with van der Waals surface area (Å²) in [5.41, 5.74) is 0. The molecule has 0 bridgehead atoms. The summed E-state index contributed by atoms with van der Waals surface area (Å²) in [4.78, 5) is 14.1. The molecule has 7 heteroatoms. The third-order valence-corrected chi connectivity index (χ3v) is 4.81. The highest BCUT2D eigenvalue weighted by molar-refractivity contribution is 7.99. The number of nitrogens with zero attached hydrogens (tertiary/aromatic N) is 3. The lowest BCUT2D eigenvalue weighted by atomic mass is 9.99. The van der Waals surface area contributed by atoms with Gasteiger partial charge in [-0.05, 0) is 30.9 Å². The molecular weight excluding hydrogens is 326 g/mol. The van der Waals surface area contributed by atoms with Crippen LogP contribution in [0.4, 0.5) is 0 Å². The second-order valence-corrected chi connectivity index (χ2v) is 6.84. The molecule has 1 fully saturated rings. The number of carbonyl (C=O) groups excluding carboxylic acids is 1. The average Bonchev–Trinajstić information content (AvgIpc) is 3.07. The van der Waals surface area contributed by atoms with Crippen LogP contribution in [0.3, 0.4) is 0 Å². The first-order valence-corrected chi connectivity index (χ1v) is 9.10. The van der Waals surface area contributed by atoms with Crippen molar-refractivity contribution in [1.29, 1.82) is 0 Å². The Kier molecular flexibility index (Phi) is 5.74. The molecule has 6 nitrogen and oxygen atoms in total. The van der Waals surface area contributed by atoms with Crippen molar-refractivity contribution in [3.8, 4) is 5.75 Å². The number of rotatable bonds is 6. The Morgan fingerprint density at radius 2 is 2.04 bits per heavy atom. The number of likely N-dealkylation sites (tertiary alicyclic amines) is 1. The van der Waals surface area contributed by atoms with E-state index < -0.39 is 0 Å². The van der Waals surface area contributed by atoms with Crippen molar-refractivity contribution in [3.05, 3.63) is 36.2 Å². The zero-order valence-electron chi connectivity index (χ0n) is 13.7. The zero-order chi connectivity index (χ0) is 16.8. The van der Waals surface area contributed by atoms with E-state index in [1.54, 1.807) is 0 Å². The molecule has 2 aromatic rings. The summed E-state index contributed by atoms with van der Waals surface area (Å²) in [6, 6.07) is 9.46. The molecule has 0 N–H and O–H groups in total. The summed E-state index contributed by atoms with van der Waals surface area (Å²) in [5, 5.41) is 8.30. The molecule has 0 unspecified atom stereocenters. The SMILES string of the molecule is CC1CCN(C(=O)CSc2nnc(COc3ccccc3)o2)CC1. The number of thioether (sulfide) groups is 1. The second kappa shape index (κ2) is 8.19. The van der Waals surface area contributed by atoms with Crippen LogP contribution in [0.2, 0.25) is 0 Å². The van der Waals surface area contributed by atoms with Gasteiger partial charge in [0.2, 0.25) is 5.91 Å². The molecule has 1 aliphatic heterocycles. The average molecular weight is 347 g/mol. The molecule has 0 spiro atoms. The Morgan fingerprint density at radius 1 is 1.29 bits per heavy atom. The smallest absolute Gasteiger partial charge is 0.277 e. The quantitative estimate of drug-likeness (QED) is 0.748. The Bertz CT molecular complexity index is 654. The standard InChI is InChI=1S/C17H21N3O3S/c1-13-7-9-20(10-8-13)16(21)12-24-17-19-18-15(23-17)11-22-14-5-3-2-4-6-14/h2-6,13H,7-12H2,1H3. The number of benzene rings is 1. The fourth-order valence-electron chi connectivity index (χ4n) is 2.49. The van der Waals surface area contributed by atoms with Crippen LogP contribution >= 0.6 is 11.8 Å². The lowest BCUT2D eigenvalue weighted by molar-refractivity contribution is -0.129. The van der Waals surface area contributed by atoms with E-state index in [9.17, 15) is 4.79 Å². The van der Waals surface area contributed by atoms with Gasteiger partial charge in [-0.3, -0.25) is 4.79 Å². The molecule has 1 amide bonds. The number of hydrogen-bond donors (Lipinski definition) is 0. The summed E-state index contributed by atoms with van der Waals surface area (Å²) in [7, 11) is 0. The molecule has 0 radical (unpaired) electrons. The monoisotopic (exact) mass is 347 g/mol. The van der Waals surface area contributed by atoms with Crippen molar-refractivity contribution in [2.75, 3.05) is 18.8 Å². The van der Waals surface area contributed by atoms with Gasteiger partial charge in [0.25, 0.3) is 11.1 Å². The maximum absolute atomic E-state index is 12.2. The highest BCUT2D eigenvalue weighted by Crippen LogP contribution is 2.20. The molecule has 1 saturated heterocycles. The van der Waals surface area contributed by atoms with Gasteiger partial charge < -0.3 is 14.1 Å². The van der Waals surface area contributed by atoms with Crippen LogP contribution in [-0.2, 0) is 11.4 Å². The van der Waals surface area contributed by atoms with Crippen LogP contribution in [0.5, 0.6) is 5.75 Å². The Labute approximate surface area is 145 Å². The lowest BCUT2D eigenvalue weighted by Gasteiger charge is -2.30. The third-order valence-electron chi connectivity index (χ3n) is 4.01. The fraction of sp³-hybridized carbons (Fsp3) is 0.471. The highest BCUT2D eigenvalue weighted by Gasteiger charge is 2.21. The number of hydrogen-bond acceptors (Lipinski definition) is 6. The predicted molar refractivity (Wildman–Crippen MR) is 90.8 cm³/mol. The first kappa shape index (κ1) is 16.8. The zero-order valence-corrected chi connectivity index (χ0v) is 14.5. The van der Waals surface area contributed by atoms with Crippen LogP contribution in [-0.4, -0.2) is 39.8 Å². The van der Waals surface area contributed by atoms with Gasteiger partial charge in [0.05, 0.1) is 5.75 Å². The van der Waals surface area contributed by atoms with Gasteiger partial charge in [-0.1, -0.05) is 36.9 Å². The predicted octanol–water partition coefficient (Wildman–Crippen LogP) is 3.00. The van der Waals surface area contributed by atoms with E-state index in [1.807, 2.05) is 35.2 Å². The first-order valence-electron chi connectivity index (χ1n) is 8.11. The number of carbonyl (C=O) groups is 1. The summed E-state index contributed by atoms with van der Waals surface area (Å²) in [6.45, 7) is 4.14. The number of amides is 1. The summed E-state index contributed by atoms with van der Waals surface area (Å²) in [6.07, 6.45) is 2.16. The molecule has 24 heavy (non-hydrogen) atoms. The van der Waals surface area contributed by atoms with Crippen molar-refractivity contribution in [2.24, 2.45) is 5.92 Å². The topological polar surface area (TPSA) is 68.5 Å². The molecule has 0 aliphatic carbocycles. The minimum absolute atomic E-state index is 0.132. The molecule has 128 valence electrons. The van der Waals surface area contributed by atoms with Crippen LogP contribution in [0, 0.1) is 5.92 Å². The van der Waals surface area contributed by atoms with E-state index in [4.69, 9.17) is 9.15 Å². The normalized spacial score (nSPS) is 15.5. The minimum atomic E-state index is 0.132. The van der Waals surface area contributed by atoms with Gasteiger partial charge in [0.15, 0.2) is 6.61 Å². The molecule has 1 aromatic heterocycles. The van der Waals surface area contributed by atoms with Crippen LogP contribution in [0.15, 0.2) is 40.0 Å². The number of piperidine rings is 1. The molecule has 0 atom stereocenters.